The van der Waals surface area contributed by atoms with Gasteiger partial charge in [0.15, 0.2) is 0 Å². The smallest absolute Gasteiger partial charge is 0.115 e. The zero-order valence-electron chi connectivity index (χ0n) is 8.32. The van der Waals surface area contributed by atoms with Gasteiger partial charge < -0.3 is 5.32 Å². The van der Waals surface area contributed by atoms with E-state index in [1.165, 1.54) is 6.33 Å². The molecule has 1 aromatic carbocycles. The predicted molar refractivity (Wildman–Crippen MR) is 65.8 cm³/mol. The second kappa shape index (κ2) is 5.14. The molecule has 0 atom stereocenters. The molecule has 0 radical (unpaired) electrons. The Kier molecular flexibility index (Phi) is 3.59. The molecule has 0 unspecified atom stereocenters. The topological polar surface area (TPSA) is 37.8 Å². The molecular weight excluding hydrogens is 245 g/mol. The third kappa shape index (κ3) is 2.84. The van der Waals surface area contributed by atoms with E-state index in [1.807, 2.05) is 6.07 Å². The van der Waals surface area contributed by atoms with Crippen molar-refractivity contribution < 1.29 is 0 Å². The van der Waals surface area contributed by atoms with Crippen LogP contribution in [0.1, 0.15) is 5.69 Å². The maximum atomic E-state index is 6.01. The number of anilines is 1. The fraction of sp³-hybridized carbons (Fsp3) is 0.0909. The van der Waals surface area contributed by atoms with Gasteiger partial charge in [0.1, 0.15) is 6.33 Å². The molecule has 0 aliphatic heterocycles. The summed E-state index contributed by atoms with van der Waals surface area (Å²) in [4.78, 5) is 7.94. The first-order valence-corrected chi connectivity index (χ1v) is 5.45. The Balaban J connectivity index is 2.08. The van der Waals surface area contributed by atoms with Crippen molar-refractivity contribution >= 4 is 28.9 Å². The number of nitrogens with zero attached hydrogens (tertiary/aromatic N) is 2. The van der Waals surface area contributed by atoms with Gasteiger partial charge in [-0.05, 0) is 24.3 Å². The van der Waals surface area contributed by atoms with Crippen molar-refractivity contribution in [2.24, 2.45) is 0 Å². The Morgan fingerprint density at radius 2 is 2.06 bits per heavy atom. The van der Waals surface area contributed by atoms with Gasteiger partial charge in [0.25, 0.3) is 0 Å². The lowest BCUT2D eigenvalue weighted by atomic mass is 10.3. The number of benzene rings is 1. The second-order valence-corrected chi connectivity index (χ2v) is 4.02. The predicted octanol–water partition coefficient (Wildman–Crippen LogP) is 3.40. The summed E-state index contributed by atoms with van der Waals surface area (Å²) in [5.74, 6) is 0. The fourth-order valence-electron chi connectivity index (χ4n) is 1.24. The van der Waals surface area contributed by atoms with E-state index in [4.69, 9.17) is 23.2 Å². The summed E-state index contributed by atoms with van der Waals surface area (Å²) in [6, 6.07) is 7.13. The quantitative estimate of drug-likeness (QED) is 0.912. The van der Waals surface area contributed by atoms with Gasteiger partial charge in [0.05, 0.1) is 22.9 Å². The van der Waals surface area contributed by atoms with Crippen LogP contribution in [0.2, 0.25) is 10.0 Å². The first-order valence-electron chi connectivity index (χ1n) is 4.69. The Labute approximate surface area is 103 Å². The average Bonchev–Trinajstić information content (AvgIpc) is 2.32. The molecule has 82 valence electrons. The average molecular weight is 254 g/mol. The number of hydrogen-bond donors (Lipinski definition) is 1. The molecule has 0 amide bonds. The van der Waals surface area contributed by atoms with E-state index in [0.29, 0.717) is 16.6 Å². The van der Waals surface area contributed by atoms with Crippen molar-refractivity contribution in [2.45, 2.75) is 6.54 Å². The van der Waals surface area contributed by atoms with E-state index >= 15 is 0 Å². The minimum Gasteiger partial charge on any atom is -0.378 e. The molecule has 0 saturated heterocycles. The minimum absolute atomic E-state index is 0.586. The summed E-state index contributed by atoms with van der Waals surface area (Å²) in [6.45, 7) is 0.586. The van der Waals surface area contributed by atoms with E-state index in [9.17, 15) is 0 Å². The first-order chi connectivity index (χ1) is 7.75. The van der Waals surface area contributed by atoms with Crippen LogP contribution in [0.3, 0.4) is 0 Å². The number of nitrogens with one attached hydrogen (secondary N) is 1. The normalized spacial score (nSPS) is 10.1. The van der Waals surface area contributed by atoms with E-state index in [2.05, 4.69) is 15.3 Å². The lowest BCUT2D eigenvalue weighted by molar-refractivity contribution is 1.01. The van der Waals surface area contributed by atoms with E-state index in [1.54, 1.807) is 24.4 Å². The molecule has 1 N–H and O–H groups in total. The van der Waals surface area contributed by atoms with Gasteiger partial charge in [-0.15, -0.1) is 0 Å². The van der Waals surface area contributed by atoms with Crippen LogP contribution in [0, 0.1) is 0 Å². The summed E-state index contributed by atoms with van der Waals surface area (Å²) in [5.41, 5.74) is 1.69. The molecule has 0 fully saturated rings. The molecule has 2 rings (SSSR count). The number of aromatic nitrogens is 2. The highest BCUT2D eigenvalue weighted by Gasteiger charge is 2.01. The molecule has 3 nitrogen and oxygen atoms in total. The lowest BCUT2D eigenvalue weighted by Crippen LogP contribution is -2.01. The molecule has 1 aromatic heterocycles. The molecule has 0 aliphatic rings. The summed E-state index contributed by atoms with van der Waals surface area (Å²) in [6.07, 6.45) is 3.21. The van der Waals surface area contributed by atoms with E-state index in [0.717, 1.165) is 11.4 Å². The maximum absolute atomic E-state index is 6.01. The number of rotatable bonds is 3. The van der Waals surface area contributed by atoms with Crippen LogP contribution < -0.4 is 5.32 Å². The number of halogens is 2. The summed E-state index contributed by atoms with van der Waals surface area (Å²) in [7, 11) is 0. The molecule has 5 heteroatoms. The summed E-state index contributed by atoms with van der Waals surface area (Å²) < 4.78 is 0. The molecular formula is C11H9Cl2N3. The highest BCUT2D eigenvalue weighted by atomic mass is 35.5. The maximum Gasteiger partial charge on any atom is 0.115 e. The van der Waals surface area contributed by atoms with Crippen molar-refractivity contribution in [1.82, 2.24) is 9.97 Å². The van der Waals surface area contributed by atoms with Gasteiger partial charge in [0, 0.05) is 11.2 Å². The van der Waals surface area contributed by atoms with Crippen molar-refractivity contribution in [3.05, 3.63) is 52.5 Å². The monoisotopic (exact) mass is 253 g/mol. The standard InChI is InChI=1S/C11H9Cl2N3/c12-8-1-2-10(13)11(5-8)15-6-9-3-4-14-7-16-9/h1-5,7,15H,6H2. The first kappa shape index (κ1) is 11.2. The van der Waals surface area contributed by atoms with Crippen LogP contribution >= 0.6 is 23.2 Å². The summed E-state index contributed by atoms with van der Waals surface area (Å²) >= 11 is 11.9. The van der Waals surface area contributed by atoms with E-state index in [-0.39, 0.29) is 0 Å². The van der Waals surface area contributed by atoms with Gasteiger partial charge in [0.2, 0.25) is 0 Å². The third-order valence-corrected chi connectivity index (χ3v) is 2.60. The fourth-order valence-corrected chi connectivity index (χ4v) is 1.60. The lowest BCUT2D eigenvalue weighted by Gasteiger charge is -2.07. The highest BCUT2D eigenvalue weighted by Crippen LogP contribution is 2.25. The Morgan fingerprint density at radius 3 is 2.81 bits per heavy atom. The van der Waals surface area contributed by atoms with Crippen LogP contribution in [0.5, 0.6) is 0 Å². The molecule has 0 bridgehead atoms. The largest absolute Gasteiger partial charge is 0.378 e. The summed E-state index contributed by atoms with van der Waals surface area (Å²) in [5, 5.41) is 4.45. The van der Waals surface area contributed by atoms with Gasteiger partial charge in [-0.3, -0.25) is 0 Å². The molecule has 2 aromatic rings. The Hall–Kier alpha value is -1.32. The van der Waals surface area contributed by atoms with Crippen molar-refractivity contribution in [2.75, 3.05) is 5.32 Å². The van der Waals surface area contributed by atoms with Crippen molar-refractivity contribution in [3.63, 3.8) is 0 Å². The SMILES string of the molecule is Clc1ccc(Cl)c(NCc2ccncn2)c1. The second-order valence-electron chi connectivity index (χ2n) is 3.18. The van der Waals surface area contributed by atoms with Gasteiger partial charge in [-0.1, -0.05) is 23.2 Å². The van der Waals surface area contributed by atoms with Gasteiger partial charge in [-0.25, -0.2) is 9.97 Å². The minimum atomic E-state index is 0.586. The Morgan fingerprint density at radius 1 is 1.19 bits per heavy atom. The zero-order valence-corrected chi connectivity index (χ0v) is 9.83. The zero-order chi connectivity index (χ0) is 11.4. The van der Waals surface area contributed by atoms with Crippen LogP contribution in [-0.4, -0.2) is 9.97 Å². The van der Waals surface area contributed by atoms with Crippen LogP contribution in [0.4, 0.5) is 5.69 Å². The van der Waals surface area contributed by atoms with E-state index < -0.39 is 0 Å². The Bertz CT molecular complexity index is 474. The van der Waals surface area contributed by atoms with Gasteiger partial charge >= 0.3 is 0 Å². The molecule has 0 saturated carbocycles. The molecule has 1 heterocycles. The van der Waals surface area contributed by atoms with Gasteiger partial charge in [-0.2, -0.15) is 0 Å². The third-order valence-electron chi connectivity index (χ3n) is 2.03. The molecule has 0 aliphatic carbocycles. The van der Waals surface area contributed by atoms with Crippen LogP contribution in [0.15, 0.2) is 36.8 Å². The van der Waals surface area contributed by atoms with Crippen molar-refractivity contribution in [3.8, 4) is 0 Å². The molecule has 16 heavy (non-hydrogen) atoms. The molecule has 0 spiro atoms. The van der Waals surface area contributed by atoms with Crippen LogP contribution in [-0.2, 0) is 6.54 Å². The highest BCUT2D eigenvalue weighted by molar-refractivity contribution is 6.35. The number of hydrogen-bond acceptors (Lipinski definition) is 3. The van der Waals surface area contributed by atoms with Crippen LogP contribution in [0.25, 0.3) is 0 Å². The van der Waals surface area contributed by atoms with Crippen molar-refractivity contribution in [1.29, 1.82) is 0 Å².